The topological polar surface area (TPSA) is 90.3 Å². The molecule has 120 valence electrons. The number of carbonyl (C=O) groups excluding carboxylic acids is 1. The average molecular weight is 300 g/mol. The highest BCUT2D eigenvalue weighted by molar-refractivity contribution is 5.77. The SMILES string of the molecule is CCN(C(=O)N1CCC(C(C)O)C1)C1COCC1C(=O)O. The van der Waals surface area contributed by atoms with E-state index in [1.54, 1.807) is 16.7 Å². The lowest BCUT2D eigenvalue weighted by molar-refractivity contribution is -0.142. The number of aliphatic hydroxyl groups is 1. The second-order valence-electron chi connectivity index (χ2n) is 5.85. The summed E-state index contributed by atoms with van der Waals surface area (Å²) in [5, 5.41) is 18.8. The third-order valence-electron chi connectivity index (χ3n) is 4.53. The molecule has 7 heteroatoms. The third kappa shape index (κ3) is 3.29. The molecule has 2 saturated heterocycles. The summed E-state index contributed by atoms with van der Waals surface area (Å²) >= 11 is 0. The quantitative estimate of drug-likeness (QED) is 0.775. The molecule has 0 spiro atoms. The van der Waals surface area contributed by atoms with Crippen molar-refractivity contribution >= 4 is 12.0 Å². The molecule has 21 heavy (non-hydrogen) atoms. The van der Waals surface area contributed by atoms with Crippen LogP contribution in [-0.2, 0) is 9.53 Å². The van der Waals surface area contributed by atoms with E-state index in [-0.39, 0.29) is 25.2 Å². The summed E-state index contributed by atoms with van der Waals surface area (Å²) in [5.74, 6) is -1.49. The number of amides is 2. The summed E-state index contributed by atoms with van der Waals surface area (Å²) in [6.07, 6.45) is 0.351. The number of carboxylic acids is 1. The van der Waals surface area contributed by atoms with Gasteiger partial charge in [0.1, 0.15) is 5.92 Å². The van der Waals surface area contributed by atoms with E-state index in [9.17, 15) is 19.8 Å². The number of likely N-dealkylation sites (N-methyl/N-ethyl adjacent to an activating group) is 1. The van der Waals surface area contributed by atoms with E-state index >= 15 is 0 Å². The molecule has 2 N–H and O–H groups in total. The maximum atomic E-state index is 12.6. The van der Waals surface area contributed by atoms with E-state index in [0.29, 0.717) is 19.6 Å². The summed E-state index contributed by atoms with van der Waals surface area (Å²) in [6, 6.07) is -0.562. The number of rotatable bonds is 4. The van der Waals surface area contributed by atoms with Gasteiger partial charge < -0.3 is 24.7 Å². The van der Waals surface area contributed by atoms with E-state index in [1.807, 2.05) is 6.92 Å². The maximum Gasteiger partial charge on any atom is 0.320 e. The zero-order valence-electron chi connectivity index (χ0n) is 12.6. The fourth-order valence-electron chi connectivity index (χ4n) is 3.13. The Bertz CT molecular complexity index is 401. The molecule has 2 amide bonds. The zero-order chi connectivity index (χ0) is 15.6. The summed E-state index contributed by atoms with van der Waals surface area (Å²) < 4.78 is 5.25. The van der Waals surface area contributed by atoms with Crippen molar-refractivity contribution in [2.45, 2.75) is 32.4 Å². The number of aliphatic hydroxyl groups excluding tert-OH is 1. The van der Waals surface area contributed by atoms with E-state index in [4.69, 9.17) is 4.74 Å². The Morgan fingerprint density at radius 3 is 2.67 bits per heavy atom. The van der Waals surface area contributed by atoms with Gasteiger partial charge in [0.15, 0.2) is 0 Å². The number of urea groups is 1. The molecule has 2 rings (SSSR count). The van der Waals surface area contributed by atoms with Crippen LogP contribution < -0.4 is 0 Å². The van der Waals surface area contributed by atoms with Crippen molar-refractivity contribution in [2.24, 2.45) is 11.8 Å². The maximum absolute atomic E-state index is 12.6. The third-order valence-corrected chi connectivity index (χ3v) is 4.53. The van der Waals surface area contributed by atoms with Crippen LogP contribution in [0.4, 0.5) is 4.79 Å². The van der Waals surface area contributed by atoms with Crippen LogP contribution >= 0.6 is 0 Å². The summed E-state index contributed by atoms with van der Waals surface area (Å²) in [4.78, 5) is 27.2. The van der Waals surface area contributed by atoms with Crippen LogP contribution in [0.15, 0.2) is 0 Å². The van der Waals surface area contributed by atoms with Crippen molar-refractivity contribution in [3.8, 4) is 0 Å². The van der Waals surface area contributed by atoms with Crippen LogP contribution in [0.1, 0.15) is 20.3 Å². The number of carbonyl (C=O) groups is 2. The number of ether oxygens (including phenoxy) is 1. The van der Waals surface area contributed by atoms with Crippen LogP contribution in [0, 0.1) is 11.8 Å². The molecule has 4 atom stereocenters. The lowest BCUT2D eigenvalue weighted by atomic mass is 10.0. The first kappa shape index (κ1) is 16.0. The predicted octanol–water partition coefficient (Wildman–Crippen LogP) is 0.231. The first-order valence-corrected chi connectivity index (χ1v) is 7.49. The van der Waals surface area contributed by atoms with Crippen molar-refractivity contribution in [2.75, 3.05) is 32.8 Å². The fourth-order valence-corrected chi connectivity index (χ4v) is 3.13. The predicted molar refractivity (Wildman–Crippen MR) is 74.9 cm³/mol. The molecule has 0 bridgehead atoms. The minimum Gasteiger partial charge on any atom is -0.481 e. The Morgan fingerprint density at radius 2 is 2.14 bits per heavy atom. The van der Waals surface area contributed by atoms with Gasteiger partial charge in [-0.25, -0.2) is 4.79 Å². The van der Waals surface area contributed by atoms with E-state index in [1.165, 1.54) is 0 Å². The highest BCUT2D eigenvalue weighted by Gasteiger charge is 2.41. The molecule has 7 nitrogen and oxygen atoms in total. The molecular weight excluding hydrogens is 276 g/mol. The standard InChI is InChI=1S/C14H24N2O5/c1-3-16(12-8-21-7-11(12)13(18)19)14(20)15-5-4-10(6-15)9(2)17/h9-12,17H,3-8H2,1-2H3,(H,18,19). The number of carboxylic acid groups (broad SMARTS) is 1. The lowest BCUT2D eigenvalue weighted by Crippen LogP contribution is -2.51. The Morgan fingerprint density at radius 1 is 1.43 bits per heavy atom. The largest absolute Gasteiger partial charge is 0.481 e. The zero-order valence-corrected chi connectivity index (χ0v) is 12.6. The first-order chi connectivity index (χ1) is 9.95. The van der Waals surface area contributed by atoms with Crippen molar-refractivity contribution in [1.29, 1.82) is 0 Å². The van der Waals surface area contributed by atoms with Gasteiger partial charge in [-0.05, 0) is 20.3 Å². The van der Waals surface area contributed by atoms with Gasteiger partial charge in [0.2, 0.25) is 0 Å². The van der Waals surface area contributed by atoms with Gasteiger partial charge in [-0.2, -0.15) is 0 Å². The van der Waals surface area contributed by atoms with Crippen LogP contribution in [0.5, 0.6) is 0 Å². The Kier molecular flexibility index (Phi) is 5.05. The van der Waals surface area contributed by atoms with Gasteiger partial charge in [0.25, 0.3) is 0 Å². The molecule has 0 aliphatic carbocycles. The van der Waals surface area contributed by atoms with Crippen LogP contribution in [0.25, 0.3) is 0 Å². The van der Waals surface area contributed by atoms with E-state index < -0.39 is 24.0 Å². The highest BCUT2D eigenvalue weighted by atomic mass is 16.5. The summed E-state index contributed by atoms with van der Waals surface area (Å²) in [6.45, 7) is 5.59. The Balaban J connectivity index is 2.04. The van der Waals surface area contributed by atoms with Gasteiger partial charge in [0.05, 0.1) is 25.4 Å². The van der Waals surface area contributed by atoms with Gasteiger partial charge in [0, 0.05) is 25.6 Å². The monoisotopic (exact) mass is 300 g/mol. The highest BCUT2D eigenvalue weighted by Crippen LogP contribution is 2.25. The Hall–Kier alpha value is -1.34. The smallest absolute Gasteiger partial charge is 0.320 e. The Labute approximate surface area is 124 Å². The van der Waals surface area contributed by atoms with Crippen molar-refractivity contribution < 1.29 is 24.5 Å². The molecule has 0 radical (unpaired) electrons. The number of nitrogens with zero attached hydrogens (tertiary/aromatic N) is 2. The van der Waals surface area contributed by atoms with Crippen molar-refractivity contribution in [1.82, 2.24) is 9.80 Å². The molecule has 0 saturated carbocycles. The fraction of sp³-hybridized carbons (Fsp3) is 0.857. The molecule has 4 unspecified atom stereocenters. The van der Waals surface area contributed by atoms with E-state index in [2.05, 4.69) is 0 Å². The number of hydrogen-bond donors (Lipinski definition) is 2. The summed E-state index contributed by atoms with van der Waals surface area (Å²) in [5.41, 5.74) is 0. The molecule has 2 heterocycles. The molecule has 2 fully saturated rings. The van der Waals surface area contributed by atoms with Gasteiger partial charge >= 0.3 is 12.0 Å². The second-order valence-corrected chi connectivity index (χ2v) is 5.85. The molecule has 2 aliphatic rings. The normalized spacial score (nSPS) is 30.4. The molecule has 0 aromatic carbocycles. The van der Waals surface area contributed by atoms with Gasteiger partial charge in [-0.3, -0.25) is 4.79 Å². The second kappa shape index (κ2) is 6.62. The lowest BCUT2D eigenvalue weighted by Gasteiger charge is -2.33. The van der Waals surface area contributed by atoms with Crippen LogP contribution in [0.2, 0.25) is 0 Å². The van der Waals surface area contributed by atoms with Crippen molar-refractivity contribution in [3.05, 3.63) is 0 Å². The van der Waals surface area contributed by atoms with Gasteiger partial charge in [-0.1, -0.05) is 0 Å². The van der Waals surface area contributed by atoms with Gasteiger partial charge in [-0.15, -0.1) is 0 Å². The average Bonchev–Trinajstić information content (AvgIpc) is 3.08. The number of hydrogen-bond acceptors (Lipinski definition) is 4. The summed E-state index contributed by atoms with van der Waals surface area (Å²) in [7, 11) is 0. The molecule has 2 aliphatic heterocycles. The molecular formula is C14H24N2O5. The molecule has 0 aromatic heterocycles. The number of aliphatic carboxylic acids is 1. The van der Waals surface area contributed by atoms with Crippen molar-refractivity contribution in [3.63, 3.8) is 0 Å². The first-order valence-electron chi connectivity index (χ1n) is 7.49. The minimum atomic E-state index is -0.924. The molecule has 0 aromatic rings. The number of likely N-dealkylation sites (tertiary alicyclic amines) is 1. The van der Waals surface area contributed by atoms with E-state index in [0.717, 1.165) is 6.42 Å². The minimum absolute atomic E-state index is 0.0998. The van der Waals surface area contributed by atoms with Crippen LogP contribution in [0.3, 0.4) is 0 Å². The van der Waals surface area contributed by atoms with Crippen LogP contribution in [-0.4, -0.2) is 77.0 Å².